The number of rotatable bonds is 5. The van der Waals surface area contributed by atoms with Gasteiger partial charge in [-0.05, 0) is 26.0 Å². The van der Waals surface area contributed by atoms with Gasteiger partial charge in [0.15, 0.2) is 6.61 Å². The molecule has 112 valence electrons. The van der Waals surface area contributed by atoms with E-state index in [2.05, 4.69) is 0 Å². The van der Waals surface area contributed by atoms with E-state index >= 15 is 0 Å². The number of nitrogens with two attached hydrogens (primary N) is 1. The SMILES string of the molecule is CC(C)N(CC(F)(F)F)C(=O)COc1ccccc1N. The quantitative estimate of drug-likeness (QED) is 0.847. The summed E-state index contributed by atoms with van der Waals surface area (Å²) >= 11 is 0. The lowest BCUT2D eigenvalue weighted by Gasteiger charge is -2.27. The molecular weight excluding hydrogens is 273 g/mol. The largest absolute Gasteiger partial charge is 0.482 e. The van der Waals surface area contributed by atoms with Crippen LogP contribution in [0.2, 0.25) is 0 Å². The molecule has 4 nitrogen and oxygen atoms in total. The van der Waals surface area contributed by atoms with E-state index in [9.17, 15) is 18.0 Å². The third kappa shape index (κ3) is 4.99. The Balaban J connectivity index is 2.66. The van der Waals surface area contributed by atoms with Crippen molar-refractivity contribution in [1.29, 1.82) is 0 Å². The predicted octanol–water partition coefficient (Wildman–Crippen LogP) is 2.45. The lowest BCUT2D eigenvalue weighted by atomic mass is 10.3. The number of alkyl halides is 3. The third-order valence-corrected chi connectivity index (χ3v) is 2.56. The zero-order valence-electron chi connectivity index (χ0n) is 11.3. The molecule has 7 heteroatoms. The summed E-state index contributed by atoms with van der Waals surface area (Å²) in [6.45, 7) is 1.25. The molecular formula is C13H17F3N2O2. The fourth-order valence-corrected chi connectivity index (χ4v) is 1.59. The number of carbonyl (C=O) groups is 1. The van der Waals surface area contributed by atoms with Gasteiger partial charge >= 0.3 is 6.18 Å². The van der Waals surface area contributed by atoms with Gasteiger partial charge < -0.3 is 15.4 Å². The molecule has 2 N–H and O–H groups in total. The van der Waals surface area contributed by atoms with Crippen molar-refractivity contribution in [2.75, 3.05) is 18.9 Å². The van der Waals surface area contributed by atoms with Crippen LogP contribution in [0, 0.1) is 0 Å². The minimum Gasteiger partial charge on any atom is -0.482 e. The second kappa shape index (κ2) is 6.49. The number of anilines is 1. The van der Waals surface area contributed by atoms with Crippen LogP contribution < -0.4 is 10.5 Å². The molecule has 0 aliphatic carbocycles. The van der Waals surface area contributed by atoms with Gasteiger partial charge in [0.05, 0.1) is 5.69 Å². The van der Waals surface area contributed by atoms with Crippen LogP contribution in [0.25, 0.3) is 0 Å². The standard InChI is InChI=1S/C13H17F3N2O2/c1-9(2)18(8-13(14,15)16)12(19)7-20-11-6-4-3-5-10(11)17/h3-6,9H,7-8,17H2,1-2H3. The van der Waals surface area contributed by atoms with E-state index in [0.717, 1.165) is 4.90 Å². The first kappa shape index (κ1) is 16.1. The van der Waals surface area contributed by atoms with Gasteiger partial charge in [0.1, 0.15) is 12.3 Å². The second-order valence-corrected chi connectivity index (χ2v) is 4.56. The zero-order valence-corrected chi connectivity index (χ0v) is 11.3. The molecule has 1 aromatic rings. The smallest absolute Gasteiger partial charge is 0.406 e. The molecule has 1 amide bonds. The van der Waals surface area contributed by atoms with Crippen molar-refractivity contribution in [2.45, 2.75) is 26.1 Å². The molecule has 1 aromatic carbocycles. The van der Waals surface area contributed by atoms with Crippen molar-refractivity contribution in [3.63, 3.8) is 0 Å². The lowest BCUT2D eigenvalue weighted by Crippen LogP contribution is -2.45. The Morgan fingerprint density at radius 1 is 1.35 bits per heavy atom. The normalized spacial score (nSPS) is 11.5. The molecule has 0 aliphatic rings. The highest BCUT2D eigenvalue weighted by Gasteiger charge is 2.34. The maximum Gasteiger partial charge on any atom is 0.406 e. The van der Waals surface area contributed by atoms with E-state index in [1.54, 1.807) is 24.3 Å². The highest BCUT2D eigenvalue weighted by Crippen LogP contribution is 2.21. The molecule has 0 spiro atoms. The summed E-state index contributed by atoms with van der Waals surface area (Å²) in [6.07, 6.45) is -4.44. The average molecular weight is 290 g/mol. The summed E-state index contributed by atoms with van der Waals surface area (Å²) in [5.41, 5.74) is 5.94. The number of halogens is 3. The third-order valence-electron chi connectivity index (χ3n) is 2.56. The number of nitrogens with zero attached hydrogens (tertiary/aromatic N) is 1. The van der Waals surface area contributed by atoms with Crippen molar-refractivity contribution in [1.82, 2.24) is 4.90 Å². The van der Waals surface area contributed by atoms with Gasteiger partial charge in [-0.15, -0.1) is 0 Å². The van der Waals surface area contributed by atoms with E-state index in [1.165, 1.54) is 13.8 Å². The Bertz CT molecular complexity index is 461. The fraction of sp³-hybridized carbons (Fsp3) is 0.462. The zero-order chi connectivity index (χ0) is 15.3. The van der Waals surface area contributed by atoms with E-state index in [4.69, 9.17) is 10.5 Å². The fourth-order valence-electron chi connectivity index (χ4n) is 1.59. The average Bonchev–Trinajstić information content (AvgIpc) is 2.33. The highest BCUT2D eigenvalue weighted by molar-refractivity contribution is 5.78. The van der Waals surface area contributed by atoms with Gasteiger partial charge in [-0.25, -0.2) is 0 Å². The van der Waals surface area contributed by atoms with Crippen LogP contribution in [-0.4, -0.2) is 36.2 Å². The minimum atomic E-state index is -4.44. The molecule has 1 rings (SSSR count). The topological polar surface area (TPSA) is 55.6 Å². The van der Waals surface area contributed by atoms with E-state index < -0.39 is 31.3 Å². The number of para-hydroxylation sites is 2. The van der Waals surface area contributed by atoms with E-state index in [0.29, 0.717) is 5.69 Å². The summed E-state index contributed by atoms with van der Waals surface area (Å²) in [7, 11) is 0. The molecule has 0 radical (unpaired) electrons. The summed E-state index contributed by atoms with van der Waals surface area (Å²) in [5.74, 6) is -0.461. The van der Waals surface area contributed by atoms with Gasteiger partial charge in [-0.3, -0.25) is 4.79 Å². The number of amides is 1. The van der Waals surface area contributed by atoms with Crippen LogP contribution in [0.5, 0.6) is 5.75 Å². The molecule has 0 bridgehead atoms. The van der Waals surface area contributed by atoms with E-state index in [1.807, 2.05) is 0 Å². The van der Waals surface area contributed by atoms with Gasteiger partial charge in [0.2, 0.25) is 0 Å². The first-order chi connectivity index (χ1) is 9.20. The number of hydrogen-bond acceptors (Lipinski definition) is 3. The highest BCUT2D eigenvalue weighted by atomic mass is 19.4. The number of carbonyl (C=O) groups excluding carboxylic acids is 1. The monoisotopic (exact) mass is 290 g/mol. The molecule has 0 aliphatic heterocycles. The lowest BCUT2D eigenvalue weighted by molar-refractivity contribution is -0.165. The Hall–Kier alpha value is -1.92. The summed E-state index contributed by atoms with van der Waals surface area (Å²) in [6, 6.07) is 5.91. The van der Waals surface area contributed by atoms with Gasteiger partial charge in [0, 0.05) is 6.04 Å². The number of ether oxygens (including phenoxy) is 1. The van der Waals surface area contributed by atoms with Crippen molar-refractivity contribution in [3.8, 4) is 5.75 Å². The second-order valence-electron chi connectivity index (χ2n) is 4.56. The van der Waals surface area contributed by atoms with Gasteiger partial charge in [-0.2, -0.15) is 13.2 Å². The minimum absolute atomic E-state index is 0.275. The van der Waals surface area contributed by atoms with Crippen LogP contribution in [-0.2, 0) is 4.79 Å². The Morgan fingerprint density at radius 3 is 2.45 bits per heavy atom. The molecule has 0 aromatic heterocycles. The van der Waals surface area contributed by atoms with Crippen LogP contribution in [0.15, 0.2) is 24.3 Å². The molecule has 0 saturated heterocycles. The number of nitrogen functional groups attached to an aromatic ring is 1. The van der Waals surface area contributed by atoms with Gasteiger partial charge in [-0.1, -0.05) is 12.1 Å². The molecule has 0 saturated carbocycles. The molecule has 20 heavy (non-hydrogen) atoms. The van der Waals surface area contributed by atoms with Crippen molar-refractivity contribution in [2.24, 2.45) is 0 Å². The Labute approximate surface area is 115 Å². The Morgan fingerprint density at radius 2 is 1.95 bits per heavy atom. The Kier molecular flexibility index (Phi) is 5.24. The molecule has 0 unspecified atom stereocenters. The summed E-state index contributed by atoms with van der Waals surface area (Å²) in [5, 5.41) is 0. The van der Waals surface area contributed by atoms with Crippen molar-refractivity contribution < 1.29 is 22.7 Å². The number of hydrogen-bond donors (Lipinski definition) is 1. The maximum absolute atomic E-state index is 12.4. The van der Waals surface area contributed by atoms with Crippen LogP contribution in [0.3, 0.4) is 0 Å². The summed E-state index contributed by atoms with van der Waals surface area (Å²) in [4.78, 5) is 12.5. The first-order valence-corrected chi connectivity index (χ1v) is 6.04. The van der Waals surface area contributed by atoms with Crippen LogP contribution in [0.4, 0.5) is 18.9 Å². The molecule has 0 atom stereocenters. The van der Waals surface area contributed by atoms with Crippen LogP contribution >= 0.6 is 0 Å². The van der Waals surface area contributed by atoms with E-state index in [-0.39, 0.29) is 5.75 Å². The predicted molar refractivity (Wildman–Crippen MR) is 69.3 cm³/mol. The molecule has 0 fully saturated rings. The van der Waals surface area contributed by atoms with Crippen LogP contribution in [0.1, 0.15) is 13.8 Å². The molecule has 0 heterocycles. The first-order valence-electron chi connectivity index (χ1n) is 6.04. The summed E-state index contributed by atoms with van der Waals surface area (Å²) < 4.78 is 42.4. The van der Waals surface area contributed by atoms with Gasteiger partial charge in [0.25, 0.3) is 5.91 Å². The maximum atomic E-state index is 12.4. The van der Waals surface area contributed by atoms with Crippen molar-refractivity contribution in [3.05, 3.63) is 24.3 Å². The van der Waals surface area contributed by atoms with Crippen molar-refractivity contribution >= 4 is 11.6 Å². The number of benzene rings is 1.